The topological polar surface area (TPSA) is 118 Å². The van der Waals surface area contributed by atoms with Crippen molar-refractivity contribution in [3.05, 3.63) is 59.3 Å². The molecule has 8 nitrogen and oxygen atoms in total. The second-order valence-electron chi connectivity index (χ2n) is 8.83. The number of H-pyrrole nitrogens is 1. The summed E-state index contributed by atoms with van der Waals surface area (Å²) in [5.74, 6) is 0.622. The van der Waals surface area contributed by atoms with E-state index in [1.165, 1.54) is 11.1 Å². The van der Waals surface area contributed by atoms with Gasteiger partial charge in [-0.05, 0) is 67.5 Å². The van der Waals surface area contributed by atoms with E-state index in [4.69, 9.17) is 15.2 Å². The Balaban J connectivity index is 1.55. The highest BCUT2D eigenvalue weighted by Crippen LogP contribution is 2.34. The molecule has 4 rings (SSSR count). The standard InChI is InChI=1S/C26H32N4O4/c1-15(25(27)31)29-26(32)22(11-18-14-28-21-7-5-4-6-20(18)21)30-19-9-8-16-12-23(33-2)24(34-3)13-17(16)10-19/h4-7,12-15,19,22,28,30H,8-11H2,1-3H3,(H2,27,31)(H,29,32)/t15-,19?,22-/m0/s1. The molecule has 2 aromatic carbocycles. The van der Waals surface area contributed by atoms with Crippen LogP contribution in [0.2, 0.25) is 0 Å². The number of methoxy groups -OCH3 is 2. The molecule has 0 fully saturated rings. The Morgan fingerprint density at radius 1 is 1.15 bits per heavy atom. The van der Waals surface area contributed by atoms with Crippen LogP contribution in [-0.4, -0.2) is 49.1 Å². The number of nitrogens with two attached hydrogens (primary N) is 1. The van der Waals surface area contributed by atoms with Gasteiger partial charge in [0.25, 0.3) is 0 Å². The van der Waals surface area contributed by atoms with E-state index < -0.39 is 18.0 Å². The van der Waals surface area contributed by atoms with E-state index in [1.54, 1.807) is 21.1 Å². The molecule has 8 heteroatoms. The van der Waals surface area contributed by atoms with Crippen molar-refractivity contribution in [2.45, 2.75) is 50.7 Å². The summed E-state index contributed by atoms with van der Waals surface area (Å²) in [6.07, 6.45) is 4.94. The molecule has 0 spiro atoms. The van der Waals surface area contributed by atoms with Crippen molar-refractivity contribution in [2.24, 2.45) is 5.73 Å². The van der Waals surface area contributed by atoms with E-state index in [2.05, 4.69) is 15.6 Å². The maximum absolute atomic E-state index is 13.2. The third-order valence-electron chi connectivity index (χ3n) is 6.57. The predicted molar refractivity (Wildman–Crippen MR) is 131 cm³/mol. The van der Waals surface area contributed by atoms with Crippen LogP contribution in [0.5, 0.6) is 11.5 Å². The maximum atomic E-state index is 13.2. The monoisotopic (exact) mass is 464 g/mol. The number of aromatic nitrogens is 1. The number of carbonyl (C=O) groups excluding carboxylic acids is 2. The lowest BCUT2D eigenvalue weighted by Crippen LogP contribution is -2.54. The number of rotatable bonds is 9. The molecule has 0 saturated carbocycles. The van der Waals surface area contributed by atoms with Gasteiger partial charge in [0, 0.05) is 23.1 Å². The molecule has 1 aromatic heterocycles. The van der Waals surface area contributed by atoms with Crippen LogP contribution in [0.3, 0.4) is 0 Å². The second-order valence-corrected chi connectivity index (χ2v) is 8.83. The quantitative estimate of drug-likeness (QED) is 0.387. The zero-order valence-corrected chi connectivity index (χ0v) is 19.8. The number of hydrogen-bond donors (Lipinski definition) is 4. The minimum atomic E-state index is -0.747. The van der Waals surface area contributed by atoms with Crippen LogP contribution in [0.25, 0.3) is 10.9 Å². The van der Waals surface area contributed by atoms with Gasteiger partial charge in [0.2, 0.25) is 11.8 Å². The minimum absolute atomic E-state index is 0.0930. The number of nitrogens with one attached hydrogen (secondary N) is 3. The summed E-state index contributed by atoms with van der Waals surface area (Å²) in [7, 11) is 3.27. The number of aryl methyl sites for hydroxylation is 1. The molecule has 0 radical (unpaired) electrons. The zero-order valence-electron chi connectivity index (χ0n) is 19.8. The number of carbonyl (C=O) groups is 2. The average Bonchev–Trinajstić information content (AvgIpc) is 3.25. The molecule has 0 bridgehead atoms. The number of fused-ring (bicyclic) bond motifs is 2. The van der Waals surface area contributed by atoms with Gasteiger partial charge in [-0.3, -0.25) is 9.59 Å². The molecule has 2 amide bonds. The van der Waals surface area contributed by atoms with Crippen molar-refractivity contribution < 1.29 is 19.1 Å². The Morgan fingerprint density at radius 3 is 2.56 bits per heavy atom. The van der Waals surface area contributed by atoms with E-state index in [9.17, 15) is 9.59 Å². The number of benzene rings is 2. The SMILES string of the molecule is COc1cc2c(cc1OC)CC(N[C@@H](Cc1c[nH]c3ccccc13)C(=O)N[C@@H](C)C(N)=O)CC2. The molecular formula is C26H32N4O4. The Labute approximate surface area is 199 Å². The highest BCUT2D eigenvalue weighted by molar-refractivity contribution is 5.90. The molecule has 34 heavy (non-hydrogen) atoms. The fourth-order valence-corrected chi connectivity index (χ4v) is 4.64. The third kappa shape index (κ3) is 5.02. The smallest absolute Gasteiger partial charge is 0.239 e. The zero-order chi connectivity index (χ0) is 24.2. The van der Waals surface area contributed by atoms with Gasteiger partial charge >= 0.3 is 0 Å². The molecular weight excluding hydrogens is 432 g/mol. The molecule has 1 heterocycles. The number of primary amides is 1. The van der Waals surface area contributed by atoms with Gasteiger partial charge < -0.3 is 30.8 Å². The summed E-state index contributed by atoms with van der Waals surface area (Å²) in [5.41, 5.74) is 9.86. The van der Waals surface area contributed by atoms with Crippen LogP contribution >= 0.6 is 0 Å². The number of para-hydroxylation sites is 1. The van der Waals surface area contributed by atoms with Crippen LogP contribution in [-0.2, 0) is 28.9 Å². The van der Waals surface area contributed by atoms with Crippen molar-refractivity contribution in [3.8, 4) is 11.5 Å². The summed E-state index contributed by atoms with van der Waals surface area (Å²) < 4.78 is 10.9. The van der Waals surface area contributed by atoms with Gasteiger partial charge in [-0.2, -0.15) is 0 Å². The number of hydrogen-bond acceptors (Lipinski definition) is 5. The van der Waals surface area contributed by atoms with Gasteiger partial charge in [0.1, 0.15) is 6.04 Å². The number of amides is 2. The minimum Gasteiger partial charge on any atom is -0.493 e. The van der Waals surface area contributed by atoms with Gasteiger partial charge in [-0.25, -0.2) is 0 Å². The summed E-state index contributed by atoms with van der Waals surface area (Å²) in [5, 5.41) is 7.40. The van der Waals surface area contributed by atoms with E-state index in [1.807, 2.05) is 42.6 Å². The van der Waals surface area contributed by atoms with Gasteiger partial charge in [0.05, 0.1) is 20.3 Å². The number of aromatic amines is 1. The molecule has 1 unspecified atom stereocenters. The Morgan fingerprint density at radius 2 is 1.85 bits per heavy atom. The molecule has 3 atom stereocenters. The first kappa shape index (κ1) is 23.6. The summed E-state index contributed by atoms with van der Waals surface area (Å²) in [6.45, 7) is 1.60. The van der Waals surface area contributed by atoms with Crippen LogP contribution < -0.4 is 25.8 Å². The molecule has 0 aliphatic heterocycles. The average molecular weight is 465 g/mol. The highest BCUT2D eigenvalue weighted by atomic mass is 16.5. The summed E-state index contributed by atoms with van der Waals surface area (Å²) >= 11 is 0. The van der Waals surface area contributed by atoms with Gasteiger partial charge in [0.15, 0.2) is 11.5 Å². The number of ether oxygens (including phenoxy) is 2. The normalized spacial score (nSPS) is 17.0. The molecule has 1 aliphatic carbocycles. The molecule has 1 aliphatic rings. The van der Waals surface area contributed by atoms with Crippen LogP contribution in [0.1, 0.15) is 30.0 Å². The van der Waals surface area contributed by atoms with E-state index in [-0.39, 0.29) is 11.9 Å². The lowest BCUT2D eigenvalue weighted by Gasteiger charge is -2.30. The van der Waals surface area contributed by atoms with E-state index in [0.29, 0.717) is 12.2 Å². The lowest BCUT2D eigenvalue weighted by molar-refractivity contribution is -0.128. The summed E-state index contributed by atoms with van der Waals surface area (Å²) in [4.78, 5) is 28.0. The molecule has 0 saturated heterocycles. The first-order chi connectivity index (χ1) is 16.4. The maximum Gasteiger partial charge on any atom is 0.239 e. The van der Waals surface area contributed by atoms with E-state index >= 15 is 0 Å². The second kappa shape index (κ2) is 10.2. The molecule has 3 aromatic rings. The fourth-order valence-electron chi connectivity index (χ4n) is 4.64. The predicted octanol–water partition coefficient (Wildman–Crippen LogP) is 2.23. The van der Waals surface area contributed by atoms with Gasteiger partial charge in [-0.15, -0.1) is 0 Å². The van der Waals surface area contributed by atoms with Crippen LogP contribution in [0, 0.1) is 0 Å². The van der Waals surface area contributed by atoms with Crippen molar-refractivity contribution in [3.63, 3.8) is 0 Å². The van der Waals surface area contributed by atoms with Crippen molar-refractivity contribution in [2.75, 3.05) is 14.2 Å². The Bertz CT molecular complexity index is 1190. The fraction of sp³-hybridized carbons (Fsp3) is 0.385. The lowest BCUT2D eigenvalue weighted by atomic mass is 9.87. The van der Waals surface area contributed by atoms with E-state index in [0.717, 1.165) is 41.5 Å². The van der Waals surface area contributed by atoms with Crippen molar-refractivity contribution in [1.82, 2.24) is 15.6 Å². The van der Waals surface area contributed by atoms with Crippen molar-refractivity contribution >= 4 is 22.7 Å². The third-order valence-corrected chi connectivity index (χ3v) is 6.57. The first-order valence-corrected chi connectivity index (χ1v) is 11.5. The van der Waals surface area contributed by atoms with Crippen LogP contribution in [0.15, 0.2) is 42.6 Å². The summed E-state index contributed by atoms with van der Waals surface area (Å²) in [6, 6.07) is 10.9. The first-order valence-electron chi connectivity index (χ1n) is 11.5. The molecule has 180 valence electrons. The molecule has 5 N–H and O–H groups in total. The van der Waals surface area contributed by atoms with Crippen LogP contribution in [0.4, 0.5) is 0 Å². The largest absolute Gasteiger partial charge is 0.493 e. The van der Waals surface area contributed by atoms with Crippen molar-refractivity contribution in [1.29, 1.82) is 0 Å². The Hall–Kier alpha value is -3.52. The highest BCUT2D eigenvalue weighted by Gasteiger charge is 2.28. The Kier molecular flexibility index (Phi) is 7.07. The van der Waals surface area contributed by atoms with Gasteiger partial charge in [-0.1, -0.05) is 18.2 Å².